The van der Waals surface area contributed by atoms with Crippen molar-refractivity contribution in [1.82, 2.24) is 10.2 Å². The molecule has 18 heavy (non-hydrogen) atoms. The number of rotatable bonds is 5. The highest BCUT2D eigenvalue weighted by atomic mass is 32.2. The van der Waals surface area contributed by atoms with E-state index in [9.17, 15) is 13.8 Å². The van der Waals surface area contributed by atoms with E-state index in [-0.39, 0.29) is 22.6 Å². The third-order valence-electron chi connectivity index (χ3n) is 2.51. The molecule has 1 aromatic rings. The normalized spacial score (nSPS) is 16.7. The molecule has 1 unspecified atom stereocenters. The zero-order valence-electron chi connectivity index (χ0n) is 9.42. The van der Waals surface area contributed by atoms with Gasteiger partial charge in [-0.25, -0.2) is 9.59 Å². The summed E-state index contributed by atoms with van der Waals surface area (Å²) < 4.78 is 16.7. The summed E-state index contributed by atoms with van der Waals surface area (Å²) in [7, 11) is -1.44. The van der Waals surface area contributed by atoms with Crippen LogP contribution in [0, 0.1) is 0 Å². The quantitative estimate of drug-likeness (QED) is 0.792. The lowest BCUT2D eigenvalue weighted by Crippen LogP contribution is -2.31. The van der Waals surface area contributed by atoms with Gasteiger partial charge in [0.1, 0.15) is 0 Å². The van der Waals surface area contributed by atoms with E-state index in [2.05, 4.69) is 5.32 Å². The Hall–Kier alpha value is -1.83. The average molecular weight is 272 g/mol. The van der Waals surface area contributed by atoms with Crippen molar-refractivity contribution in [2.24, 2.45) is 0 Å². The van der Waals surface area contributed by atoms with E-state index in [0.717, 1.165) is 0 Å². The van der Waals surface area contributed by atoms with Gasteiger partial charge in [-0.3, -0.25) is 4.21 Å². The average Bonchev–Trinajstić information content (AvgIpc) is 2.94. The summed E-state index contributed by atoms with van der Waals surface area (Å²) in [5, 5.41) is 11.4. The van der Waals surface area contributed by atoms with Crippen LogP contribution in [-0.2, 0) is 10.8 Å². The van der Waals surface area contributed by atoms with Crippen molar-refractivity contribution in [3.05, 3.63) is 17.9 Å². The van der Waals surface area contributed by atoms with Crippen LogP contribution in [0.1, 0.15) is 10.6 Å². The largest absolute Gasteiger partial charge is 0.475 e. The molecule has 2 N–H and O–H groups in total. The minimum Gasteiger partial charge on any atom is -0.475 e. The summed E-state index contributed by atoms with van der Waals surface area (Å²) in [5.41, 5.74) is 0. The van der Waals surface area contributed by atoms with Crippen molar-refractivity contribution in [1.29, 1.82) is 0 Å². The first-order valence-electron chi connectivity index (χ1n) is 5.32. The van der Waals surface area contributed by atoms with Crippen LogP contribution >= 0.6 is 0 Å². The van der Waals surface area contributed by atoms with Gasteiger partial charge < -0.3 is 19.7 Å². The molecule has 0 bridgehead atoms. The maximum atomic E-state index is 11.8. The van der Waals surface area contributed by atoms with Gasteiger partial charge in [0.15, 0.2) is 5.09 Å². The van der Waals surface area contributed by atoms with Crippen LogP contribution in [0.2, 0.25) is 0 Å². The van der Waals surface area contributed by atoms with Gasteiger partial charge in [0.25, 0.3) is 0 Å². The van der Waals surface area contributed by atoms with Gasteiger partial charge in [0, 0.05) is 25.4 Å². The summed E-state index contributed by atoms with van der Waals surface area (Å²) in [6, 6.07) is 2.47. The minimum absolute atomic E-state index is 0.118. The maximum Gasteiger partial charge on any atom is 0.371 e. The topological polar surface area (TPSA) is 99.9 Å². The smallest absolute Gasteiger partial charge is 0.371 e. The number of carboxylic acids is 1. The fourth-order valence-corrected chi connectivity index (χ4v) is 2.57. The summed E-state index contributed by atoms with van der Waals surface area (Å²) >= 11 is 0. The Labute approximate surface area is 105 Å². The van der Waals surface area contributed by atoms with Crippen molar-refractivity contribution >= 4 is 22.8 Å². The second-order valence-corrected chi connectivity index (χ2v) is 5.19. The highest BCUT2D eigenvalue weighted by Gasteiger charge is 2.21. The third kappa shape index (κ3) is 2.70. The van der Waals surface area contributed by atoms with Crippen LogP contribution in [0.3, 0.4) is 0 Å². The molecule has 0 aliphatic carbocycles. The summed E-state index contributed by atoms with van der Waals surface area (Å²) in [6.07, 6.45) is 0. The van der Waals surface area contributed by atoms with Crippen molar-refractivity contribution < 1.29 is 23.3 Å². The van der Waals surface area contributed by atoms with Crippen molar-refractivity contribution in [3.63, 3.8) is 0 Å². The SMILES string of the molecule is O=C(O)c1ccc(S(=O)CCN2CCNC2=O)o1. The lowest BCUT2D eigenvalue weighted by molar-refractivity contribution is 0.0656. The number of amides is 2. The van der Waals surface area contributed by atoms with E-state index in [4.69, 9.17) is 9.52 Å². The Balaban J connectivity index is 1.91. The molecule has 0 spiro atoms. The lowest BCUT2D eigenvalue weighted by atomic mass is 10.5. The summed E-state index contributed by atoms with van der Waals surface area (Å²) in [5.74, 6) is -1.21. The number of aromatic carboxylic acids is 1. The van der Waals surface area contributed by atoms with Gasteiger partial charge in [-0.2, -0.15) is 0 Å². The predicted molar refractivity (Wildman–Crippen MR) is 61.9 cm³/mol. The Bertz CT molecular complexity index is 498. The van der Waals surface area contributed by atoms with Gasteiger partial charge >= 0.3 is 12.0 Å². The molecule has 1 aliphatic rings. The van der Waals surface area contributed by atoms with Crippen LogP contribution in [0.4, 0.5) is 4.79 Å². The molecule has 1 aromatic heterocycles. The molecule has 1 fully saturated rings. The highest BCUT2D eigenvalue weighted by Crippen LogP contribution is 2.12. The standard InChI is InChI=1S/C10H12N2O5S/c13-9(14)7-1-2-8(17-7)18(16)6-5-12-4-3-11-10(12)15/h1-2H,3-6H2,(H,11,15)(H,13,14). The van der Waals surface area contributed by atoms with Gasteiger partial charge in [-0.1, -0.05) is 0 Å². The van der Waals surface area contributed by atoms with E-state index in [0.29, 0.717) is 19.6 Å². The molecule has 1 aliphatic heterocycles. The van der Waals surface area contributed by atoms with Crippen molar-refractivity contribution in [3.8, 4) is 0 Å². The molecule has 1 atom stereocenters. The Kier molecular flexibility index (Phi) is 3.66. The van der Waals surface area contributed by atoms with Crippen molar-refractivity contribution in [2.75, 3.05) is 25.4 Å². The van der Waals surface area contributed by atoms with E-state index in [1.54, 1.807) is 4.90 Å². The molecule has 2 heterocycles. The number of urea groups is 1. The molecule has 0 radical (unpaired) electrons. The molecule has 2 rings (SSSR count). The summed E-state index contributed by atoms with van der Waals surface area (Å²) in [4.78, 5) is 23.4. The number of carboxylic acid groups (broad SMARTS) is 1. The number of hydrogen-bond acceptors (Lipinski definition) is 4. The van der Waals surface area contributed by atoms with E-state index in [1.165, 1.54) is 12.1 Å². The molecule has 98 valence electrons. The highest BCUT2D eigenvalue weighted by molar-refractivity contribution is 7.84. The van der Waals surface area contributed by atoms with Crippen LogP contribution in [0.25, 0.3) is 0 Å². The van der Waals surface area contributed by atoms with Crippen LogP contribution in [0.5, 0.6) is 0 Å². The number of nitrogens with zero attached hydrogens (tertiary/aromatic N) is 1. The summed E-state index contributed by atoms with van der Waals surface area (Å²) in [6.45, 7) is 1.53. The first kappa shape index (κ1) is 12.6. The molecule has 7 nitrogen and oxygen atoms in total. The number of carbonyl (C=O) groups is 2. The van der Waals surface area contributed by atoms with E-state index >= 15 is 0 Å². The third-order valence-corrected chi connectivity index (χ3v) is 3.73. The second kappa shape index (κ2) is 5.21. The van der Waals surface area contributed by atoms with E-state index < -0.39 is 16.8 Å². The molecule has 8 heteroatoms. The molecule has 0 aromatic carbocycles. The predicted octanol–water partition coefficient (Wildman–Crippen LogP) is 0.111. The van der Waals surface area contributed by atoms with Crippen LogP contribution < -0.4 is 5.32 Å². The van der Waals surface area contributed by atoms with Gasteiger partial charge in [0.2, 0.25) is 5.76 Å². The first-order valence-corrected chi connectivity index (χ1v) is 6.64. The van der Waals surface area contributed by atoms with Crippen molar-refractivity contribution in [2.45, 2.75) is 5.09 Å². The van der Waals surface area contributed by atoms with Crippen LogP contribution in [-0.4, -0.2) is 51.6 Å². The van der Waals surface area contributed by atoms with Gasteiger partial charge in [-0.05, 0) is 12.1 Å². The number of nitrogens with one attached hydrogen (secondary N) is 1. The molecular formula is C10H12N2O5S. The van der Waals surface area contributed by atoms with Gasteiger partial charge in [0.05, 0.1) is 10.8 Å². The Morgan fingerprint density at radius 3 is 2.89 bits per heavy atom. The Morgan fingerprint density at radius 2 is 2.33 bits per heavy atom. The lowest BCUT2D eigenvalue weighted by Gasteiger charge is -2.12. The number of carbonyl (C=O) groups excluding carboxylic acids is 1. The first-order chi connectivity index (χ1) is 8.58. The monoisotopic (exact) mass is 272 g/mol. The fourth-order valence-electron chi connectivity index (χ4n) is 1.58. The molecule has 0 saturated carbocycles. The molecular weight excluding hydrogens is 260 g/mol. The zero-order chi connectivity index (χ0) is 13.1. The zero-order valence-corrected chi connectivity index (χ0v) is 10.2. The number of hydrogen-bond donors (Lipinski definition) is 2. The second-order valence-electron chi connectivity index (χ2n) is 3.69. The minimum atomic E-state index is -1.44. The van der Waals surface area contributed by atoms with E-state index in [1.807, 2.05) is 0 Å². The van der Waals surface area contributed by atoms with Gasteiger partial charge in [-0.15, -0.1) is 0 Å². The molecule has 2 amide bonds. The molecule has 1 saturated heterocycles. The maximum absolute atomic E-state index is 11.8. The van der Waals surface area contributed by atoms with Crippen LogP contribution in [0.15, 0.2) is 21.6 Å². The number of furan rings is 1. The fraction of sp³-hybridized carbons (Fsp3) is 0.400. The Morgan fingerprint density at radius 1 is 1.56 bits per heavy atom.